The van der Waals surface area contributed by atoms with Crippen molar-refractivity contribution in [2.24, 2.45) is 0 Å². The predicted octanol–water partition coefficient (Wildman–Crippen LogP) is 1.81. The Labute approximate surface area is 160 Å². The minimum absolute atomic E-state index is 0. The van der Waals surface area contributed by atoms with Gasteiger partial charge in [0.1, 0.15) is 11.8 Å². The summed E-state index contributed by atoms with van der Waals surface area (Å²) in [6, 6.07) is 1.65. The third kappa shape index (κ3) is 3.26. The molecular weight excluding hydrogens is 372 g/mol. The van der Waals surface area contributed by atoms with E-state index in [-0.39, 0.29) is 24.1 Å². The van der Waals surface area contributed by atoms with E-state index >= 15 is 0 Å². The van der Waals surface area contributed by atoms with Gasteiger partial charge in [0.25, 0.3) is 11.4 Å². The molecule has 0 spiro atoms. The minimum Gasteiger partial charge on any atom is -0.368 e. The molecule has 10 heteroatoms. The molecule has 2 N–H and O–H groups in total. The molecule has 3 aromatic heterocycles. The molecule has 2 aliphatic rings. The maximum absolute atomic E-state index is 12.2. The average Bonchev–Trinajstić information content (AvgIpc) is 3.41. The van der Waals surface area contributed by atoms with Crippen LogP contribution in [-0.2, 0) is 4.74 Å². The second-order valence-corrected chi connectivity index (χ2v) is 6.86. The van der Waals surface area contributed by atoms with Gasteiger partial charge in [0, 0.05) is 18.6 Å². The SMILES string of the molecule is Cl.O=c1cc(C2CCNCC2)n2ncc(-c3noc(C4CCCO4)n3)c2[nH]1. The molecule has 0 saturated carbocycles. The average molecular weight is 393 g/mol. The van der Waals surface area contributed by atoms with Crippen molar-refractivity contribution in [1.82, 2.24) is 30.1 Å². The molecule has 144 valence electrons. The Balaban J connectivity index is 0.00000180. The van der Waals surface area contributed by atoms with Gasteiger partial charge in [-0.15, -0.1) is 12.4 Å². The number of nitrogens with one attached hydrogen (secondary N) is 2. The van der Waals surface area contributed by atoms with Gasteiger partial charge in [-0.05, 0) is 38.8 Å². The van der Waals surface area contributed by atoms with Gasteiger partial charge >= 0.3 is 0 Å². The maximum Gasteiger partial charge on any atom is 0.256 e. The first-order chi connectivity index (χ1) is 12.8. The summed E-state index contributed by atoms with van der Waals surface area (Å²) in [6.45, 7) is 2.61. The molecule has 5 heterocycles. The van der Waals surface area contributed by atoms with Gasteiger partial charge in [-0.25, -0.2) is 4.52 Å². The maximum atomic E-state index is 12.2. The lowest BCUT2D eigenvalue weighted by molar-refractivity contribution is 0.0835. The van der Waals surface area contributed by atoms with E-state index < -0.39 is 0 Å². The number of hydrogen-bond acceptors (Lipinski definition) is 7. The molecule has 0 aromatic carbocycles. The summed E-state index contributed by atoms with van der Waals surface area (Å²) in [5.74, 6) is 1.21. The number of rotatable bonds is 3. The number of H-pyrrole nitrogens is 1. The summed E-state index contributed by atoms with van der Waals surface area (Å²) in [7, 11) is 0. The first-order valence-electron chi connectivity index (χ1n) is 9.07. The molecule has 0 amide bonds. The molecule has 1 unspecified atom stereocenters. The highest BCUT2D eigenvalue weighted by molar-refractivity contribution is 5.85. The van der Waals surface area contributed by atoms with Crippen LogP contribution in [0.5, 0.6) is 0 Å². The zero-order chi connectivity index (χ0) is 17.5. The molecule has 0 aliphatic carbocycles. The van der Waals surface area contributed by atoms with Crippen LogP contribution in [0.25, 0.3) is 17.0 Å². The van der Waals surface area contributed by atoms with E-state index in [2.05, 4.69) is 25.5 Å². The fourth-order valence-electron chi connectivity index (χ4n) is 3.83. The zero-order valence-electron chi connectivity index (χ0n) is 14.7. The second-order valence-electron chi connectivity index (χ2n) is 6.86. The van der Waals surface area contributed by atoms with Gasteiger partial charge in [-0.1, -0.05) is 5.16 Å². The molecule has 27 heavy (non-hydrogen) atoms. The van der Waals surface area contributed by atoms with Crippen LogP contribution < -0.4 is 10.9 Å². The Bertz CT molecular complexity index is 984. The molecule has 3 aromatic rings. The minimum atomic E-state index is -0.143. The van der Waals surface area contributed by atoms with Gasteiger partial charge in [-0.3, -0.25) is 4.79 Å². The topological polar surface area (TPSA) is 110 Å². The van der Waals surface area contributed by atoms with Crippen LogP contribution in [-0.4, -0.2) is 44.4 Å². The monoisotopic (exact) mass is 392 g/mol. The third-order valence-electron chi connectivity index (χ3n) is 5.18. The Hall–Kier alpha value is -2.23. The first kappa shape index (κ1) is 18.1. The number of aromatic amines is 1. The summed E-state index contributed by atoms with van der Waals surface area (Å²) in [4.78, 5) is 19.6. The molecular formula is C17H21ClN6O3. The fraction of sp³-hybridized carbons (Fsp3) is 0.529. The normalized spacial score (nSPS) is 20.8. The quantitative estimate of drug-likeness (QED) is 0.699. The van der Waals surface area contributed by atoms with E-state index in [1.807, 2.05) is 0 Å². The lowest BCUT2D eigenvalue weighted by Gasteiger charge is -2.23. The van der Waals surface area contributed by atoms with Crippen LogP contribution in [0.2, 0.25) is 0 Å². The van der Waals surface area contributed by atoms with E-state index in [1.165, 1.54) is 0 Å². The number of piperidine rings is 1. The molecule has 5 rings (SSSR count). The van der Waals surface area contributed by atoms with Crippen molar-refractivity contribution in [3.8, 4) is 11.4 Å². The molecule has 2 aliphatic heterocycles. The van der Waals surface area contributed by atoms with Gasteiger partial charge in [0.05, 0.1) is 17.5 Å². The van der Waals surface area contributed by atoms with Gasteiger partial charge in [0.2, 0.25) is 5.82 Å². The molecule has 2 fully saturated rings. The number of fused-ring (bicyclic) bond motifs is 1. The molecule has 1 atom stereocenters. The number of halogens is 1. The lowest BCUT2D eigenvalue weighted by atomic mass is 9.94. The number of nitrogens with zero attached hydrogens (tertiary/aromatic N) is 4. The van der Waals surface area contributed by atoms with E-state index in [9.17, 15) is 4.79 Å². The summed E-state index contributed by atoms with van der Waals surface area (Å²) < 4.78 is 12.8. The van der Waals surface area contributed by atoms with Crippen molar-refractivity contribution in [3.63, 3.8) is 0 Å². The van der Waals surface area contributed by atoms with E-state index in [0.717, 1.165) is 44.5 Å². The van der Waals surface area contributed by atoms with Crippen LogP contribution in [0.4, 0.5) is 0 Å². The van der Waals surface area contributed by atoms with Crippen LogP contribution in [0.3, 0.4) is 0 Å². The third-order valence-corrected chi connectivity index (χ3v) is 5.18. The van der Waals surface area contributed by atoms with Crippen molar-refractivity contribution in [2.75, 3.05) is 19.7 Å². The summed E-state index contributed by atoms with van der Waals surface area (Å²) in [5, 5.41) is 11.9. The van der Waals surface area contributed by atoms with E-state index in [0.29, 0.717) is 35.5 Å². The highest BCUT2D eigenvalue weighted by atomic mass is 35.5. The Kier molecular flexibility index (Phi) is 4.98. The lowest BCUT2D eigenvalue weighted by Crippen LogP contribution is -2.28. The molecule has 9 nitrogen and oxygen atoms in total. The van der Waals surface area contributed by atoms with Crippen LogP contribution in [0.15, 0.2) is 21.6 Å². The highest BCUT2D eigenvalue weighted by Crippen LogP contribution is 2.30. The Morgan fingerprint density at radius 1 is 1.22 bits per heavy atom. The first-order valence-corrected chi connectivity index (χ1v) is 9.07. The fourth-order valence-corrected chi connectivity index (χ4v) is 3.83. The van der Waals surface area contributed by atoms with Gasteiger partial charge in [0.15, 0.2) is 0 Å². The number of hydrogen-bond donors (Lipinski definition) is 2. The summed E-state index contributed by atoms with van der Waals surface area (Å²) in [6.07, 6.45) is 5.39. The highest BCUT2D eigenvalue weighted by Gasteiger charge is 2.26. The molecule has 0 bridgehead atoms. The zero-order valence-corrected chi connectivity index (χ0v) is 15.5. The van der Waals surface area contributed by atoms with Crippen molar-refractivity contribution in [1.29, 1.82) is 0 Å². The second kappa shape index (κ2) is 7.41. The van der Waals surface area contributed by atoms with Crippen LogP contribution >= 0.6 is 12.4 Å². The standard InChI is InChI=1S/C17H20N6O3.ClH/c24-14-8-12(10-3-5-18-6-4-10)23-16(20-14)11(9-19-23)15-21-17(26-22-15)13-2-1-7-25-13;/h8-10,13,18H,1-7H2,(H,20,24);1H. The smallest absolute Gasteiger partial charge is 0.256 e. The van der Waals surface area contributed by atoms with Crippen molar-refractivity contribution >= 4 is 18.1 Å². The van der Waals surface area contributed by atoms with Crippen molar-refractivity contribution < 1.29 is 9.26 Å². The Morgan fingerprint density at radius 2 is 2.07 bits per heavy atom. The predicted molar refractivity (Wildman–Crippen MR) is 99.1 cm³/mol. The number of aromatic nitrogens is 5. The van der Waals surface area contributed by atoms with Crippen LogP contribution in [0.1, 0.15) is 49.3 Å². The Morgan fingerprint density at radius 3 is 2.85 bits per heavy atom. The van der Waals surface area contributed by atoms with Crippen molar-refractivity contribution in [3.05, 3.63) is 34.2 Å². The van der Waals surface area contributed by atoms with Crippen molar-refractivity contribution in [2.45, 2.75) is 37.7 Å². The molecule has 0 radical (unpaired) electrons. The van der Waals surface area contributed by atoms with Crippen LogP contribution in [0, 0.1) is 0 Å². The van der Waals surface area contributed by atoms with E-state index in [1.54, 1.807) is 16.8 Å². The summed E-state index contributed by atoms with van der Waals surface area (Å²) >= 11 is 0. The summed E-state index contributed by atoms with van der Waals surface area (Å²) in [5.41, 5.74) is 2.05. The van der Waals surface area contributed by atoms with Gasteiger partial charge in [-0.2, -0.15) is 10.1 Å². The van der Waals surface area contributed by atoms with Gasteiger partial charge < -0.3 is 19.6 Å². The van der Waals surface area contributed by atoms with E-state index in [4.69, 9.17) is 9.26 Å². The largest absolute Gasteiger partial charge is 0.368 e. The molecule has 2 saturated heterocycles. The number of ether oxygens (including phenoxy) is 1.